The number of unbranched alkanes of at least 4 members (excludes halogenated alkanes) is 1. The van der Waals surface area contributed by atoms with E-state index in [1.54, 1.807) is 53.2 Å². The van der Waals surface area contributed by atoms with Crippen LogP contribution in [0.5, 0.6) is 0 Å². The molecule has 12 heterocycles. The topological polar surface area (TPSA) is 279 Å². The molecule has 9 N–H and O–H groups in total. The Morgan fingerprint density at radius 3 is 1.13 bits per heavy atom. The number of likely N-dealkylation sites (tertiary alicyclic amines) is 3. The zero-order chi connectivity index (χ0) is 69.6. The third-order valence-electron chi connectivity index (χ3n) is 18.3. The molecule has 24 heteroatoms. The third kappa shape index (κ3) is 19.4. The molecular weight excluding hydrogens is 1290 g/mol. The summed E-state index contributed by atoms with van der Waals surface area (Å²) in [5.74, 6) is 16.1. The molecule has 1 aliphatic carbocycles. The van der Waals surface area contributed by atoms with Gasteiger partial charge in [0.15, 0.2) is 17.5 Å². The fourth-order valence-corrected chi connectivity index (χ4v) is 13.4. The van der Waals surface area contributed by atoms with E-state index in [1.165, 1.54) is 12.8 Å². The molecule has 3 aliphatic heterocycles. The van der Waals surface area contributed by atoms with Crippen LogP contribution >= 0.6 is 0 Å². The summed E-state index contributed by atoms with van der Waals surface area (Å²) < 4.78 is 50.8. The number of nitrogens with two attached hydrogens (primary N) is 3. The summed E-state index contributed by atoms with van der Waals surface area (Å²) in [5, 5.41) is 32.9. The average molecular weight is 1400 g/mol. The second-order valence-electron chi connectivity index (χ2n) is 27.5. The molecule has 9 aromatic rings. The third-order valence-corrected chi connectivity index (χ3v) is 18.3. The lowest BCUT2D eigenvalue weighted by atomic mass is 10.0. The van der Waals surface area contributed by atoms with E-state index >= 15 is 0 Å². The minimum Gasteiger partial charge on any atom is -0.378 e. The molecule has 13 rings (SSSR count). The molecule has 0 radical (unpaired) electrons. The fraction of sp³-hybridized carbons (Fsp3) is 0.500. The molecule has 4 unspecified atom stereocenters. The average Bonchev–Trinajstić information content (AvgIpc) is 1.62. The highest BCUT2D eigenvalue weighted by Gasteiger charge is 2.39. The molecular formula is C78H105F3N18O3. The van der Waals surface area contributed by atoms with E-state index in [0.29, 0.717) is 33.8 Å². The van der Waals surface area contributed by atoms with Gasteiger partial charge in [0, 0.05) is 95.7 Å². The van der Waals surface area contributed by atoms with Crippen molar-refractivity contribution in [3.63, 3.8) is 0 Å². The van der Waals surface area contributed by atoms with Crippen molar-refractivity contribution in [2.75, 3.05) is 76.1 Å². The first-order valence-electron chi connectivity index (χ1n) is 34.2. The summed E-state index contributed by atoms with van der Waals surface area (Å²) in [6.07, 6.45) is 26.4. The molecule has 4 atom stereocenters. The molecule has 1 saturated carbocycles. The lowest BCUT2D eigenvalue weighted by molar-refractivity contribution is 0.0980. The number of aromatic nitrogens is 12. The van der Waals surface area contributed by atoms with Crippen molar-refractivity contribution in [3.8, 4) is 69.3 Å². The zero-order valence-corrected chi connectivity index (χ0v) is 57.3. The Labute approximate surface area is 600 Å². The Morgan fingerprint density at radius 2 is 0.794 bits per heavy atom. The molecule has 102 heavy (non-hydrogen) atoms. The van der Waals surface area contributed by atoms with E-state index in [9.17, 15) is 28.5 Å². The van der Waals surface area contributed by atoms with Gasteiger partial charge in [-0.2, -0.15) is 0 Å². The van der Waals surface area contributed by atoms with E-state index in [2.05, 4.69) is 130 Å². The molecule has 3 saturated heterocycles. The molecule has 21 nitrogen and oxygen atoms in total. The number of pyridine rings is 3. The SMILES string of the molecule is C.C.C.C.CCCCN1CCC(n2cc(-c3nc(N)ncc3F)c3cc(C#CC(C)(O)C4CC4)ncc32)C1.CCCN1CCCC(n2cc(-c3nc(N)ncc3F)c3cc(C#CC(C)(C)O)ncc32)C1.CCCN1CCCC(n2cc(-c3nc(N)ncc3F)c3cc(C#CC(C)(C)O)ncc32)C1. The van der Waals surface area contributed by atoms with Gasteiger partial charge in [-0.15, -0.1) is 0 Å². The largest absolute Gasteiger partial charge is 0.378 e. The number of nitrogen functional groups attached to an aromatic ring is 3. The first-order chi connectivity index (χ1) is 46.8. The molecule has 546 valence electrons. The maximum atomic E-state index is 14.8. The maximum Gasteiger partial charge on any atom is 0.220 e. The Hall–Kier alpha value is -9.06. The van der Waals surface area contributed by atoms with Crippen LogP contribution in [0, 0.1) is 58.9 Å². The van der Waals surface area contributed by atoms with Gasteiger partial charge in [-0.05, 0) is 173 Å². The number of anilines is 3. The van der Waals surface area contributed by atoms with Crippen molar-refractivity contribution in [1.29, 1.82) is 0 Å². The number of nitrogens with zero attached hydrogens (tertiary/aromatic N) is 15. The van der Waals surface area contributed by atoms with Gasteiger partial charge in [-0.25, -0.2) is 58.0 Å². The van der Waals surface area contributed by atoms with Crippen LogP contribution in [0.1, 0.15) is 191 Å². The standard InChI is InChI=1S/C26H31FN6O.2C24H29FN6O.4CH4/c1-3-4-10-32-11-8-19(15-32)33-16-21(24-22(27)13-30-25(28)31-24)20-12-18(29-14-23(20)33)7-9-26(2,34)17-5-6-17;2*1-4-9-30-10-5-6-17(14-30)31-15-19(22-20(25)12-28-23(26)29-22)18-11-16(27-13-21(18)31)7-8-24(2,3)32;;;;/h12-14,16-17,19,34H,3-6,8,10-11,15H2,1-2H3,(H2,28,30,31);2*11-13,15,17,32H,4-6,9-10,14H2,1-3H3,(H2,26,28,29);4*1H4. The summed E-state index contributed by atoms with van der Waals surface area (Å²) in [6, 6.07) is 6.28. The van der Waals surface area contributed by atoms with Crippen molar-refractivity contribution < 1.29 is 28.5 Å². The molecule has 0 bridgehead atoms. The molecule has 0 aromatic carbocycles. The van der Waals surface area contributed by atoms with Crippen LogP contribution in [-0.4, -0.2) is 164 Å². The highest BCUT2D eigenvalue weighted by atomic mass is 19.1. The van der Waals surface area contributed by atoms with Crippen LogP contribution in [0.2, 0.25) is 0 Å². The van der Waals surface area contributed by atoms with Gasteiger partial charge in [-0.3, -0.25) is 0 Å². The second kappa shape index (κ2) is 34.3. The fourth-order valence-electron chi connectivity index (χ4n) is 13.4. The number of hydrogen-bond donors (Lipinski definition) is 6. The van der Waals surface area contributed by atoms with Gasteiger partial charge >= 0.3 is 0 Å². The Balaban J connectivity index is 0.000000210. The van der Waals surface area contributed by atoms with Crippen LogP contribution in [0.25, 0.3) is 66.5 Å². The lowest BCUT2D eigenvalue weighted by Crippen LogP contribution is -2.36. The molecule has 0 amide bonds. The highest BCUT2D eigenvalue weighted by Crippen LogP contribution is 2.41. The minimum absolute atomic E-state index is 0. The van der Waals surface area contributed by atoms with Gasteiger partial charge in [0.1, 0.15) is 51.0 Å². The Bertz CT molecular complexity index is 4360. The molecule has 4 aliphatic rings. The van der Waals surface area contributed by atoms with Crippen LogP contribution in [-0.2, 0) is 0 Å². The predicted molar refractivity (Wildman–Crippen MR) is 404 cm³/mol. The molecule has 9 aromatic heterocycles. The number of aliphatic hydroxyl groups is 3. The summed E-state index contributed by atoms with van der Waals surface area (Å²) >= 11 is 0. The van der Waals surface area contributed by atoms with Crippen LogP contribution in [0.15, 0.2) is 74.0 Å². The van der Waals surface area contributed by atoms with Gasteiger partial charge < -0.3 is 60.9 Å². The van der Waals surface area contributed by atoms with E-state index in [0.717, 1.165) is 168 Å². The number of hydrogen-bond acceptors (Lipinski definition) is 18. The number of fused-ring (bicyclic) bond motifs is 3. The van der Waals surface area contributed by atoms with Crippen LogP contribution in [0.4, 0.5) is 31.0 Å². The van der Waals surface area contributed by atoms with Crippen molar-refractivity contribution in [3.05, 3.63) is 109 Å². The quantitative estimate of drug-likeness (QED) is 0.0552. The molecule has 0 spiro atoms. The molecule has 4 fully saturated rings. The second-order valence-corrected chi connectivity index (χ2v) is 27.5. The Kier molecular flexibility index (Phi) is 27.0. The monoisotopic (exact) mass is 1400 g/mol. The van der Waals surface area contributed by atoms with Crippen molar-refractivity contribution in [1.82, 2.24) is 73.3 Å². The minimum atomic E-state index is -1.14. The van der Waals surface area contributed by atoms with Gasteiger partial charge in [0.25, 0.3) is 0 Å². The number of halogens is 3. The normalized spacial score (nSPS) is 17.6. The van der Waals surface area contributed by atoms with Gasteiger partial charge in [0.05, 0.1) is 53.7 Å². The van der Waals surface area contributed by atoms with E-state index in [4.69, 9.17) is 17.2 Å². The summed E-state index contributed by atoms with van der Waals surface area (Å²) in [5.41, 5.74) is 20.7. The highest BCUT2D eigenvalue weighted by molar-refractivity contribution is 5.98. The van der Waals surface area contributed by atoms with E-state index in [-0.39, 0.29) is 88.7 Å². The zero-order valence-electron chi connectivity index (χ0n) is 57.3. The first-order valence-corrected chi connectivity index (χ1v) is 34.2. The Morgan fingerprint density at radius 1 is 0.451 bits per heavy atom. The van der Waals surface area contributed by atoms with Crippen LogP contribution < -0.4 is 17.2 Å². The van der Waals surface area contributed by atoms with Crippen molar-refractivity contribution >= 4 is 50.6 Å². The maximum absolute atomic E-state index is 14.8. The summed E-state index contributed by atoms with van der Waals surface area (Å²) in [6.45, 7) is 24.1. The first kappa shape index (κ1) is 80.3. The van der Waals surface area contributed by atoms with Crippen LogP contribution in [0.3, 0.4) is 0 Å². The van der Waals surface area contributed by atoms with Gasteiger partial charge in [0.2, 0.25) is 17.8 Å². The smallest absolute Gasteiger partial charge is 0.220 e. The lowest BCUT2D eigenvalue weighted by Gasteiger charge is -2.33. The van der Waals surface area contributed by atoms with E-state index < -0.39 is 34.3 Å². The van der Waals surface area contributed by atoms with Gasteiger partial charge in [-0.1, -0.05) is 74.7 Å². The summed E-state index contributed by atoms with van der Waals surface area (Å²) in [7, 11) is 0. The number of piperidine rings is 2. The predicted octanol–water partition coefficient (Wildman–Crippen LogP) is 13.1. The van der Waals surface area contributed by atoms with E-state index in [1.807, 2.05) is 36.8 Å². The summed E-state index contributed by atoms with van der Waals surface area (Å²) in [4.78, 5) is 44.9. The van der Waals surface area contributed by atoms with Crippen molar-refractivity contribution in [2.45, 2.75) is 191 Å². The number of rotatable bonds is 14. The van der Waals surface area contributed by atoms with Crippen molar-refractivity contribution in [2.24, 2.45) is 5.92 Å².